The smallest absolute Gasteiger partial charge is 0.224 e. The topological polar surface area (TPSA) is 56.1 Å². The van der Waals surface area contributed by atoms with Crippen molar-refractivity contribution in [3.8, 4) is 5.69 Å². The number of aromatic nitrogens is 2. The number of carbonyl (C=O) groups is 1. The molecule has 1 aliphatic rings. The summed E-state index contributed by atoms with van der Waals surface area (Å²) in [6.45, 7) is 0.830. The lowest BCUT2D eigenvalue weighted by atomic mass is 10.1. The Morgan fingerprint density at radius 3 is 2.84 bits per heavy atom. The van der Waals surface area contributed by atoms with E-state index in [1.807, 2.05) is 59.4 Å². The van der Waals surface area contributed by atoms with Crippen molar-refractivity contribution in [2.75, 3.05) is 11.9 Å². The zero-order valence-electron chi connectivity index (χ0n) is 14.0. The van der Waals surface area contributed by atoms with Crippen molar-refractivity contribution in [3.63, 3.8) is 0 Å². The van der Waals surface area contributed by atoms with Gasteiger partial charge >= 0.3 is 0 Å². The first-order valence-electron chi connectivity index (χ1n) is 8.73. The molecule has 128 valence electrons. The highest BCUT2D eigenvalue weighted by Gasteiger charge is 2.16. The molecule has 3 aromatic rings. The highest BCUT2D eigenvalue weighted by atomic mass is 16.5. The number of ether oxygens (including phenoxy) is 1. The van der Waals surface area contributed by atoms with Gasteiger partial charge in [-0.3, -0.25) is 9.36 Å². The van der Waals surface area contributed by atoms with Crippen LogP contribution in [0.25, 0.3) is 16.7 Å². The number of hydrogen-bond donors (Lipinski definition) is 1. The Hall–Kier alpha value is -2.66. The average molecular weight is 335 g/mol. The van der Waals surface area contributed by atoms with E-state index in [2.05, 4.69) is 10.3 Å². The quantitative estimate of drug-likeness (QED) is 0.769. The second-order valence-electron chi connectivity index (χ2n) is 6.37. The van der Waals surface area contributed by atoms with Crippen LogP contribution in [-0.2, 0) is 9.53 Å². The Bertz CT molecular complexity index is 864. The molecular weight excluding hydrogens is 314 g/mol. The van der Waals surface area contributed by atoms with Crippen LogP contribution in [0.2, 0.25) is 0 Å². The zero-order chi connectivity index (χ0) is 17.1. The van der Waals surface area contributed by atoms with Crippen LogP contribution in [-0.4, -0.2) is 28.2 Å². The van der Waals surface area contributed by atoms with Crippen LogP contribution in [0.1, 0.15) is 25.7 Å². The number of fused-ring (bicyclic) bond motifs is 1. The summed E-state index contributed by atoms with van der Waals surface area (Å²) < 4.78 is 7.60. The molecule has 25 heavy (non-hydrogen) atoms. The molecule has 1 fully saturated rings. The van der Waals surface area contributed by atoms with Gasteiger partial charge in [0.15, 0.2) is 0 Å². The summed E-state index contributed by atoms with van der Waals surface area (Å²) in [6.07, 6.45) is 5.55. The molecule has 0 radical (unpaired) electrons. The molecule has 5 nitrogen and oxygen atoms in total. The Morgan fingerprint density at radius 1 is 1.20 bits per heavy atom. The molecule has 0 bridgehead atoms. The number of anilines is 1. The van der Waals surface area contributed by atoms with Crippen LogP contribution < -0.4 is 5.32 Å². The van der Waals surface area contributed by atoms with Gasteiger partial charge in [-0.05, 0) is 55.7 Å². The second-order valence-corrected chi connectivity index (χ2v) is 6.37. The van der Waals surface area contributed by atoms with Gasteiger partial charge in [0, 0.05) is 24.4 Å². The van der Waals surface area contributed by atoms with Gasteiger partial charge in [0.2, 0.25) is 5.91 Å². The van der Waals surface area contributed by atoms with E-state index in [0.29, 0.717) is 6.42 Å². The van der Waals surface area contributed by atoms with Gasteiger partial charge < -0.3 is 10.1 Å². The molecule has 1 amide bonds. The Kier molecular flexibility index (Phi) is 4.48. The average Bonchev–Trinajstić information content (AvgIpc) is 3.30. The first kappa shape index (κ1) is 15.8. The number of hydrogen-bond acceptors (Lipinski definition) is 3. The SMILES string of the molecule is O=C(CC[C@H]1CCCO1)Nc1ccc(-n2cnc3ccccc32)cc1. The summed E-state index contributed by atoms with van der Waals surface area (Å²) in [5.74, 6) is 0.0383. The minimum Gasteiger partial charge on any atom is -0.378 e. The molecule has 5 heteroatoms. The fourth-order valence-corrected chi connectivity index (χ4v) is 3.26. The molecule has 1 aliphatic heterocycles. The molecule has 2 aromatic carbocycles. The highest BCUT2D eigenvalue weighted by molar-refractivity contribution is 5.90. The normalized spacial score (nSPS) is 17.0. The van der Waals surface area contributed by atoms with E-state index >= 15 is 0 Å². The molecule has 1 saturated heterocycles. The maximum atomic E-state index is 12.1. The monoisotopic (exact) mass is 335 g/mol. The van der Waals surface area contributed by atoms with E-state index in [9.17, 15) is 4.79 Å². The lowest BCUT2D eigenvalue weighted by molar-refractivity contribution is -0.116. The number of carbonyl (C=O) groups excluding carboxylic acids is 1. The number of para-hydroxylation sites is 2. The van der Waals surface area contributed by atoms with Gasteiger partial charge in [-0.2, -0.15) is 0 Å². The molecule has 1 N–H and O–H groups in total. The largest absolute Gasteiger partial charge is 0.378 e. The zero-order valence-corrected chi connectivity index (χ0v) is 14.0. The van der Waals surface area contributed by atoms with Crippen LogP contribution in [0.3, 0.4) is 0 Å². The summed E-state index contributed by atoms with van der Waals surface area (Å²) >= 11 is 0. The molecule has 1 atom stereocenters. The molecule has 0 aliphatic carbocycles. The number of nitrogens with one attached hydrogen (secondary N) is 1. The first-order valence-corrected chi connectivity index (χ1v) is 8.73. The number of benzene rings is 2. The first-order chi connectivity index (χ1) is 12.3. The lowest BCUT2D eigenvalue weighted by Crippen LogP contribution is -2.15. The summed E-state index contributed by atoms with van der Waals surface area (Å²) in [5, 5.41) is 2.96. The van der Waals surface area contributed by atoms with E-state index in [-0.39, 0.29) is 12.0 Å². The van der Waals surface area contributed by atoms with E-state index in [0.717, 1.165) is 48.3 Å². The molecule has 0 saturated carbocycles. The van der Waals surface area contributed by atoms with Gasteiger partial charge in [-0.15, -0.1) is 0 Å². The van der Waals surface area contributed by atoms with Crippen molar-refractivity contribution in [2.24, 2.45) is 0 Å². The minimum absolute atomic E-state index is 0.0383. The van der Waals surface area contributed by atoms with Gasteiger partial charge in [0.05, 0.1) is 17.1 Å². The second kappa shape index (κ2) is 7.07. The number of amides is 1. The summed E-state index contributed by atoms with van der Waals surface area (Å²) in [4.78, 5) is 16.5. The van der Waals surface area contributed by atoms with Crippen molar-refractivity contribution in [1.82, 2.24) is 9.55 Å². The van der Waals surface area contributed by atoms with Crippen LogP contribution >= 0.6 is 0 Å². The van der Waals surface area contributed by atoms with Crippen molar-refractivity contribution in [1.29, 1.82) is 0 Å². The van der Waals surface area contributed by atoms with E-state index in [1.54, 1.807) is 0 Å². The third-order valence-corrected chi connectivity index (χ3v) is 4.60. The third kappa shape index (κ3) is 3.56. The van der Waals surface area contributed by atoms with Crippen LogP contribution in [0.5, 0.6) is 0 Å². The molecule has 4 rings (SSSR count). The lowest BCUT2D eigenvalue weighted by Gasteiger charge is -2.10. The van der Waals surface area contributed by atoms with Crippen molar-refractivity contribution in [3.05, 3.63) is 54.9 Å². The summed E-state index contributed by atoms with van der Waals surface area (Å²) in [5.41, 5.74) is 3.86. The van der Waals surface area contributed by atoms with Gasteiger partial charge in [-0.25, -0.2) is 4.98 Å². The van der Waals surface area contributed by atoms with E-state index in [1.165, 1.54) is 0 Å². The number of imidazole rings is 1. The Morgan fingerprint density at radius 2 is 2.04 bits per heavy atom. The highest BCUT2D eigenvalue weighted by Crippen LogP contribution is 2.20. The molecule has 0 unspecified atom stereocenters. The Labute approximate surface area is 146 Å². The molecule has 2 heterocycles. The minimum atomic E-state index is 0.0383. The summed E-state index contributed by atoms with van der Waals surface area (Å²) in [7, 11) is 0. The van der Waals surface area contributed by atoms with Gasteiger partial charge in [0.25, 0.3) is 0 Å². The van der Waals surface area contributed by atoms with Crippen molar-refractivity contribution in [2.45, 2.75) is 31.8 Å². The maximum Gasteiger partial charge on any atom is 0.224 e. The molecule has 1 aromatic heterocycles. The fraction of sp³-hybridized carbons (Fsp3) is 0.300. The predicted molar refractivity (Wildman–Crippen MR) is 97.9 cm³/mol. The summed E-state index contributed by atoms with van der Waals surface area (Å²) in [6, 6.07) is 15.9. The van der Waals surface area contributed by atoms with Crippen LogP contribution in [0.4, 0.5) is 5.69 Å². The fourth-order valence-electron chi connectivity index (χ4n) is 3.26. The molecular formula is C20H21N3O2. The van der Waals surface area contributed by atoms with Crippen LogP contribution in [0, 0.1) is 0 Å². The molecule has 0 spiro atoms. The third-order valence-electron chi connectivity index (χ3n) is 4.60. The van der Waals surface area contributed by atoms with Crippen molar-refractivity contribution < 1.29 is 9.53 Å². The Balaban J connectivity index is 1.40. The van der Waals surface area contributed by atoms with E-state index in [4.69, 9.17) is 4.74 Å². The maximum absolute atomic E-state index is 12.1. The standard InChI is InChI=1S/C20H21N3O2/c24-20(12-11-17-4-3-13-25-17)22-15-7-9-16(10-8-15)23-14-21-18-5-1-2-6-19(18)23/h1-2,5-10,14,17H,3-4,11-13H2,(H,22,24)/t17-/m1/s1. The predicted octanol–water partition coefficient (Wildman–Crippen LogP) is 3.92. The van der Waals surface area contributed by atoms with Gasteiger partial charge in [0.1, 0.15) is 6.33 Å². The van der Waals surface area contributed by atoms with Crippen molar-refractivity contribution >= 4 is 22.6 Å². The van der Waals surface area contributed by atoms with E-state index < -0.39 is 0 Å². The number of rotatable bonds is 5. The van der Waals surface area contributed by atoms with Gasteiger partial charge in [-0.1, -0.05) is 12.1 Å². The van der Waals surface area contributed by atoms with Crippen LogP contribution in [0.15, 0.2) is 54.9 Å². The number of nitrogens with zero attached hydrogens (tertiary/aromatic N) is 2.